The molecule has 1 heterocycles. The third-order valence-corrected chi connectivity index (χ3v) is 5.90. The minimum atomic E-state index is -0.576. The average Bonchev–Trinajstić information content (AvgIpc) is 3.11. The van der Waals surface area contributed by atoms with Gasteiger partial charge in [-0.25, -0.2) is 4.79 Å². The molecule has 168 valence electrons. The van der Waals surface area contributed by atoms with Gasteiger partial charge in [-0.2, -0.15) is 0 Å². The standard InChI is InChI=1S/C27H24ClNO4/c1-4-29(5-2)19-12-10-18(11-13-19)15-24-26(30)25-17(3)14-20(16-23(25)33-24)32-27(31)21-8-6-7-9-22(21)28/h6-16H,4-5H2,1-3H3/b24-15-. The maximum atomic E-state index is 13.0. The predicted octanol–water partition coefficient (Wildman–Crippen LogP) is 6.33. The molecular formula is C27H24ClNO4. The molecule has 3 aromatic carbocycles. The van der Waals surface area contributed by atoms with Crippen LogP contribution < -0.4 is 14.4 Å². The molecule has 1 aliphatic heterocycles. The van der Waals surface area contributed by atoms with Gasteiger partial charge in [-0.1, -0.05) is 35.9 Å². The second-order valence-electron chi connectivity index (χ2n) is 7.69. The van der Waals surface area contributed by atoms with Crippen LogP contribution in [-0.2, 0) is 0 Å². The molecule has 6 heteroatoms. The summed E-state index contributed by atoms with van der Waals surface area (Å²) in [4.78, 5) is 27.7. The maximum Gasteiger partial charge on any atom is 0.345 e. The number of halogens is 1. The predicted molar refractivity (Wildman–Crippen MR) is 131 cm³/mol. The summed E-state index contributed by atoms with van der Waals surface area (Å²) in [5.74, 6) is 0.118. The van der Waals surface area contributed by atoms with Crippen LogP contribution in [0.1, 0.15) is 45.7 Å². The number of benzene rings is 3. The zero-order chi connectivity index (χ0) is 23.5. The number of carbonyl (C=O) groups excluding carboxylic acids is 2. The molecule has 0 fully saturated rings. The summed E-state index contributed by atoms with van der Waals surface area (Å²) in [6, 6.07) is 17.9. The third kappa shape index (κ3) is 4.64. The first-order valence-electron chi connectivity index (χ1n) is 10.8. The number of nitrogens with zero attached hydrogens (tertiary/aromatic N) is 1. The summed E-state index contributed by atoms with van der Waals surface area (Å²) < 4.78 is 11.4. The molecule has 0 atom stereocenters. The molecule has 0 unspecified atom stereocenters. The van der Waals surface area contributed by atoms with E-state index in [2.05, 4.69) is 18.7 Å². The van der Waals surface area contributed by atoms with Crippen molar-refractivity contribution in [3.8, 4) is 11.5 Å². The van der Waals surface area contributed by atoms with Gasteiger partial charge in [0.15, 0.2) is 5.76 Å². The number of carbonyl (C=O) groups is 2. The lowest BCUT2D eigenvalue weighted by molar-refractivity contribution is 0.0734. The quantitative estimate of drug-likeness (QED) is 0.244. The van der Waals surface area contributed by atoms with Crippen LogP contribution in [0, 0.1) is 6.92 Å². The van der Waals surface area contributed by atoms with Crippen molar-refractivity contribution < 1.29 is 19.1 Å². The summed E-state index contributed by atoms with van der Waals surface area (Å²) in [7, 11) is 0. The first-order valence-corrected chi connectivity index (χ1v) is 11.2. The van der Waals surface area contributed by atoms with Crippen molar-refractivity contribution in [2.24, 2.45) is 0 Å². The van der Waals surface area contributed by atoms with Gasteiger partial charge in [-0.05, 0) is 68.3 Å². The summed E-state index contributed by atoms with van der Waals surface area (Å²) in [6.45, 7) is 7.87. The number of esters is 1. The molecular weight excluding hydrogens is 438 g/mol. The molecule has 4 rings (SSSR count). The second-order valence-corrected chi connectivity index (χ2v) is 8.09. The van der Waals surface area contributed by atoms with Crippen LogP contribution in [0.2, 0.25) is 5.02 Å². The molecule has 0 amide bonds. The van der Waals surface area contributed by atoms with Crippen molar-refractivity contribution in [1.82, 2.24) is 0 Å². The van der Waals surface area contributed by atoms with Crippen LogP contribution in [0.3, 0.4) is 0 Å². The average molecular weight is 462 g/mol. The van der Waals surface area contributed by atoms with Gasteiger partial charge < -0.3 is 14.4 Å². The molecule has 0 N–H and O–H groups in total. The number of fused-ring (bicyclic) bond motifs is 1. The molecule has 5 nitrogen and oxygen atoms in total. The van der Waals surface area contributed by atoms with Crippen LogP contribution >= 0.6 is 11.6 Å². The number of rotatable bonds is 6. The van der Waals surface area contributed by atoms with Crippen LogP contribution in [0.5, 0.6) is 11.5 Å². The number of Topliss-reactive ketones (excluding diaryl/α,β-unsaturated/α-hetero) is 1. The molecule has 0 saturated carbocycles. The van der Waals surface area contributed by atoms with Gasteiger partial charge in [0.2, 0.25) is 5.78 Å². The molecule has 0 bridgehead atoms. The van der Waals surface area contributed by atoms with E-state index in [-0.39, 0.29) is 22.9 Å². The Morgan fingerprint density at radius 1 is 1.06 bits per heavy atom. The van der Waals surface area contributed by atoms with Gasteiger partial charge in [-0.3, -0.25) is 4.79 Å². The summed E-state index contributed by atoms with van der Waals surface area (Å²) in [6.07, 6.45) is 1.73. The van der Waals surface area contributed by atoms with Crippen molar-refractivity contribution in [2.75, 3.05) is 18.0 Å². The van der Waals surface area contributed by atoms with Gasteiger partial charge in [0, 0.05) is 24.8 Å². The van der Waals surface area contributed by atoms with Gasteiger partial charge in [0.05, 0.1) is 16.1 Å². The zero-order valence-electron chi connectivity index (χ0n) is 18.7. The summed E-state index contributed by atoms with van der Waals surface area (Å²) in [5.41, 5.74) is 3.40. The number of aryl methyl sites for hydroxylation is 1. The smallest absolute Gasteiger partial charge is 0.345 e. The fourth-order valence-electron chi connectivity index (χ4n) is 3.85. The highest BCUT2D eigenvalue weighted by Gasteiger charge is 2.30. The lowest BCUT2D eigenvalue weighted by atomic mass is 10.0. The van der Waals surface area contributed by atoms with E-state index >= 15 is 0 Å². The number of ketones is 1. The molecule has 0 saturated heterocycles. The fraction of sp³-hybridized carbons (Fsp3) is 0.185. The summed E-state index contributed by atoms with van der Waals surface area (Å²) >= 11 is 6.09. The number of ether oxygens (including phenoxy) is 2. The monoisotopic (exact) mass is 461 g/mol. The number of allylic oxidation sites excluding steroid dienone is 1. The van der Waals surface area contributed by atoms with Gasteiger partial charge in [0.25, 0.3) is 0 Å². The highest BCUT2D eigenvalue weighted by atomic mass is 35.5. The highest BCUT2D eigenvalue weighted by molar-refractivity contribution is 6.33. The van der Waals surface area contributed by atoms with E-state index in [1.165, 1.54) is 0 Å². The van der Waals surface area contributed by atoms with Gasteiger partial charge in [-0.15, -0.1) is 0 Å². The molecule has 33 heavy (non-hydrogen) atoms. The topological polar surface area (TPSA) is 55.8 Å². The number of hydrogen-bond acceptors (Lipinski definition) is 5. The van der Waals surface area contributed by atoms with Crippen molar-refractivity contribution >= 4 is 35.1 Å². The Bertz CT molecular complexity index is 1240. The Kier molecular flexibility index (Phi) is 6.52. The normalized spacial score (nSPS) is 13.6. The molecule has 0 aromatic heterocycles. The van der Waals surface area contributed by atoms with E-state index < -0.39 is 5.97 Å². The first-order chi connectivity index (χ1) is 15.9. The highest BCUT2D eigenvalue weighted by Crippen LogP contribution is 2.38. The fourth-order valence-corrected chi connectivity index (χ4v) is 4.06. The lowest BCUT2D eigenvalue weighted by Gasteiger charge is -2.20. The molecule has 0 aliphatic carbocycles. The maximum absolute atomic E-state index is 13.0. The van der Waals surface area contributed by atoms with Crippen molar-refractivity contribution in [3.63, 3.8) is 0 Å². The first kappa shape index (κ1) is 22.6. The molecule has 1 aliphatic rings. The molecule has 3 aromatic rings. The van der Waals surface area contributed by atoms with E-state index in [1.54, 1.807) is 49.4 Å². The van der Waals surface area contributed by atoms with E-state index in [4.69, 9.17) is 21.1 Å². The Morgan fingerprint density at radius 3 is 2.42 bits per heavy atom. The van der Waals surface area contributed by atoms with Crippen molar-refractivity contribution in [1.29, 1.82) is 0 Å². The van der Waals surface area contributed by atoms with Crippen molar-refractivity contribution in [3.05, 3.63) is 93.7 Å². The lowest BCUT2D eigenvalue weighted by Crippen LogP contribution is -2.21. The van der Waals surface area contributed by atoms with E-state index in [0.29, 0.717) is 21.9 Å². The van der Waals surface area contributed by atoms with E-state index in [0.717, 1.165) is 24.3 Å². The zero-order valence-corrected chi connectivity index (χ0v) is 19.5. The van der Waals surface area contributed by atoms with E-state index in [9.17, 15) is 9.59 Å². The Balaban J connectivity index is 1.56. The Morgan fingerprint density at radius 2 is 1.76 bits per heavy atom. The van der Waals surface area contributed by atoms with Gasteiger partial charge >= 0.3 is 5.97 Å². The van der Waals surface area contributed by atoms with Crippen LogP contribution in [0.4, 0.5) is 5.69 Å². The second kappa shape index (κ2) is 9.51. The van der Waals surface area contributed by atoms with Crippen LogP contribution in [-0.4, -0.2) is 24.8 Å². The summed E-state index contributed by atoms with van der Waals surface area (Å²) in [5, 5.41) is 0.309. The van der Waals surface area contributed by atoms with Crippen molar-refractivity contribution in [2.45, 2.75) is 20.8 Å². The van der Waals surface area contributed by atoms with Crippen LogP contribution in [0.15, 0.2) is 66.4 Å². The largest absolute Gasteiger partial charge is 0.452 e. The SMILES string of the molecule is CCN(CC)c1ccc(/C=C2\Oc3cc(OC(=O)c4ccccc4Cl)cc(C)c3C2=O)cc1. The minimum absolute atomic E-state index is 0.195. The number of hydrogen-bond donors (Lipinski definition) is 0. The van der Waals surface area contributed by atoms with Crippen LogP contribution in [0.25, 0.3) is 6.08 Å². The molecule has 0 spiro atoms. The minimum Gasteiger partial charge on any atom is -0.452 e. The van der Waals surface area contributed by atoms with Gasteiger partial charge in [0.1, 0.15) is 11.5 Å². The molecule has 0 radical (unpaired) electrons. The van der Waals surface area contributed by atoms with E-state index in [1.807, 2.05) is 24.3 Å². The Hall–Kier alpha value is -3.57. The Labute approximate surface area is 198 Å². The third-order valence-electron chi connectivity index (χ3n) is 5.57. The number of anilines is 1.